The van der Waals surface area contributed by atoms with Crippen molar-refractivity contribution in [1.29, 1.82) is 0 Å². The molecule has 0 saturated carbocycles. The van der Waals surface area contributed by atoms with Gasteiger partial charge in [0, 0.05) is 25.0 Å². The lowest BCUT2D eigenvalue weighted by Crippen LogP contribution is -2.14. The van der Waals surface area contributed by atoms with Gasteiger partial charge in [-0.25, -0.2) is 0 Å². The fourth-order valence-corrected chi connectivity index (χ4v) is 2.26. The van der Waals surface area contributed by atoms with Gasteiger partial charge in [-0.2, -0.15) is 0 Å². The van der Waals surface area contributed by atoms with Gasteiger partial charge in [-0.15, -0.1) is 0 Å². The summed E-state index contributed by atoms with van der Waals surface area (Å²) in [5, 5.41) is 9.10. The molecule has 0 amide bonds. The maximum Gasteiger partial charge on any atom is 0.0853 e. The topological polar surface area (TPSA) is 36.4 Å². The Morgan fingerprint density at radius 3 is 2.47 bits per heavy atom. The summed E-state index contributed by atoms with van der Waals surface area (Å²) in [5.41, 5.74) is 4.61. The number of nitrogens with zero attached hydrogens (tertiary/aromatic N) is 2. The van der Waals surface area contributed by atoms with Crippen LogP contribution in [0.2, 0.25) is 0 Å². The third-order valence-electron chi connectivity index (χ3n) is 3.17. The Kier molecular flexibility index (Phi) is 2.53. The number of aromatic nitrogens is 1. The average Bonchev–Trinajstić information content (AvgIpc) is 2.82. The summed E-state index contributed by atoms with van der Waals surface area (Å²) < 4.78 is 0. The fraction of sp³-hybridized carbons (Fsp3) is 0.214. The Morgan fingerprint density at radius 1 is 1.12 bits per heavy atom. The molecule has 1 aliphatic heterocycles. The summed E-state index contributed by atoms with van der Waals surface area (Å²) in [6, 6.07) is 12.4. The molecule has 3 rings (SSSR count). The fourth-order valence-electron chi connectivity index (χ4n) is 2.26. The lowest BCUT2D eigenvalue weighted by atomic mass is 10.1. The second-order valence-corrected chi connectivity index (χ2v) is 4.29. The van der Waals surface area contributed by atoms with Crippen LogP contribution in [-0.4, -0.2) is 10.1 Å². The van der Waals surface area contributed by atoms with Gasteiger partial charge in [-0.3, -0.25) is 4.98 Å². The summed E-state index contributed by atoms with van der Waals surface area (Å²) in [5.74, 6) is 0. The third-order valence-corrected chi connectivity index (χ3v) is 3.17. The lowest BCUT2D eigenvalue weighted by molar-refractivity contribution is 0.277. The normalized spacial score (nSPS) is 13.8. The average molecular weight is 226 g/mol. The first-order valence-electron chi connectivity index (χ1n) is 5.74. The zero-order valence-corrected chi connectivity index (χ0v) is 9.50. The van der Waals surface area contributed by atoms with Crippen molar-refractivity contribution in [2.75, 3.05) is 4.90 Å². The van der Waals surface area contributed by atoms with Crippen LogP contribution in [0.3, 0.4) is 0 Å². The predicted molar refractivity (Wildman–Crippen MR) is 66.5 cm³/mol. The number of anilines is 1. The Morgan fingerprint density at radius 2 is 1.82 bits per heavy atom. The van der Waals surface area contributed by atoms with E-state index in [1.54, 1.807) is 6.20 Å². The predicted octanol–water partition coefficient (Wildman–Crippen LogP) is 2.09. The van der Waals surface area contributed by atoms with E-state index in [0.29, 0.717) is 0 Å². The highest BCUT2D eigenvalue weighted by Gasteiger charge is 2.18. The molecule has 0 aliphatic carbocycles. The summed E-state index contributed by atoms with van der Waals surface area (Å²) in [7, 11) is 0. The second kappa shape index (κ2) is 4.18. The van der Waals surface area contributed by atoms with E-state index in [1.807, 2.05) is 12.1 Å². The molecule has 0 radical (unpaired) electrons. The van der Waals surface area contributed by atoms with Gasteiger partial charge in [-0.1, -0.05) is 24.3 Å². The molecular weight excluding hydrogens is 212 g/mol. The molecule has 0 unspecified atom stereocenters. The van der Waals surface area contributed by atoms with Crippen molar-refractivity contribution in [2.24, 2.45) is 0 Å². The Balaban J connectivity index is 1.88. The molecule has 17 heavy (non-hydrogen) atoms. The Labute approximate surface area is 100 Å². The minimum atomic E-state index is -0.00533. The second-order valence-electron chi connectivity index (χ2n) is 4.29. The molecule has 86 valence electrons. The number of hydrogen-bond acceptors (Lipinski definition) is 3. The summed E-state index contributed by atoms with van der Waals surface area (Å²) >= 11 is 0. The third kappa shape index (κ3) is 1.89. The number of rotatable bonds is 2. The van der Waals surface area contributed by atoms with Crippen LogP contribution in [-0.2, 0) is 19.7 Å². The van der Waals surface area contributed by atoms with Crippen LogP contribution in [0.25, 0.3) is 0 Å². The van der Waals surface area contributed by atoms with Gasteiger partial charge in [-0.05, 0) is 23.3 Å². The Bertz CT molecular complexity index is 514. The molecule has 1 aromatic heterocycles. The van der Waals surface area contributed by atoms with Crippen LogP contribution in [0.1, 0.15) is 16.8 Å². The molecule has 0 saturated heterocycles. The van der Waals surface area contributed by atoms with Crippen molar-refractivity contribution in [3.8, 4) is 0 Å². The van der Waals surface area contributed by atoms with E-state index < -0.39 is 0 Å². The lowest BCUT2D eigenvalue weighted by Gasteiger charge is -2.17. The first-order valence-corrected chi connectivity index (χ1v) is 5.74. The molecule has 1 aliphatic rings. The van der Waals surface area contributed by atoms with E-state index in [2.05, 4.69) is 34.1 Å². The van der Waals surface area contributed by atoms with Crippen LogP contribution < -0.4 is 4.90 Å². The number of benzene rings is 1. The molecule has 2 aromatic rings. The summed E-state index contributed by atoms with van der Waals surface area (Å²) in [6.07, 6.45) is 1.75. The van der Waals surface area contributed by atoms with E-state index in [9.17, 15) is 0 Å². The number of pyridine rings is 1. The highest BCUT2D eigenvalue weighted by molar-refractivity contribution is 5.51. The standard InChI is InChI=1S/C14H14N2O/c17-10-13-7-14(5-6-15-13)16-8-11-3-1-2-4-12(11)9-16/h1-7,17H,8-10H2. The SMILES string of the molecule is OCc1cc(N2Cc3ccccc3C2)ccn1. The van der Waals surface area contributed by atoms with E-state index >= 15 is 0 Å². The summed E-state index contributed by atoms with van der Waals surface area (Å²) in [4.78, 5) is 6.40. The smallest absolute Gasteiger partial charge is 0.0853 e. The van der Waals surface area contributed by atoms with Crippen LogP contribution in [0.4, 0.5) is 5.69 Å². The maximum absolute atomic E-state index is 9.10. The van der Waals surface area contributed by atoms with E-state index in [4.69, 9.17) is 5.11 Å². The van der Waals surface area contributed by atoms with Gasteiger partial charge >= 0.3 is 0 Å². The van der Waals surface area contributed by atoms with E-state index in [0.717, 1.165) is 24.5 Å². The zero-order chi connectivity index (χ0) is 11.7. The van der Waals surface area contributed by atoms with Crippen molar-refractivity contribution in [1.82, 2.24) is 4.98 Å². The maximum atomic E-state index is 9.10. The molecule has 0 bridgehead atoms. The quantitative estimate of drug-likeness (QED) is 0.851. The molecule has 0 fully saturated rings. The van der Waals surface area contributed by atoms with Gasteiger partial charge in [0.1, 0.15) is 0 Å². The highest BCUT2D eigenvalue weighted by Crippen LogP contribution is 2.27. The number of aliphatic hydroxyl groups excluding tert-OH is 1. The Hall–Kier alpha value is -1.87. The van der Waals surface area contributed by atoms with Gasteiger partial charge in [0.2, 0.25) is 0 Å². The number of hydrogen-bond donors (Lipinski definition) is 1. The largest absolute Gasteiger partial charge is 0.390 e. The molecule has 1 N–H and O–H groups in total. The first-order chi connectivity index (χ1) is 8.36. The molecule has 0 spiro atoms. The molecule has 2 heterocycles. The van der Waals surface area contributed by atoms with Crippen LogP contribution in [0.15, 0.2) is 42.6 Å². The van der Waals surface area contributed by atoms with Crippen molar-refractivity contribution in [2.45, 2.75) is 19.7 Å². The highest BCUT2D eigenvalue weighted by atomic mass is 16.3. The van der Waals surface area contributed by atoms with E-state index in [1.165, 1.54) is 11.1 Å². The van der Waals surface area contributed by atoms with Crippen molar-refractivity contribution in [3.63, 3.8) is 0 Å². The van der Waals surface area contributed by atoms with Crippen LogP contribution in [0.5, 0.6) is 0 Å². The molecule has 0 atom stereocenters. The molecule has 1 aromatic carbocycles. The van der Waals surface area contributed by atoms with E-state index in [-0.39, 0.29) is 6.61 Å². The van der Waals surface area contributed by atoms with Crippen LogP contribution in [0, 0.1) is 0 Å². The number of aliphatic hydroxyl groups is 1. The van der Waals surface area contributed by atoms with Gasteiger partial charge in [0.05, 0.1) is 12.3 Å². The molecule has 3 heteroatoms. The van der Waals surface area contributed by atoms with Crippen LogP contribution >= 0.6 is 0 Å². The van der Waals surface area contributed by atoms with Gasteiger partial charge in [0.25, 0.3) is 0 Å². The molecule has 3 nitrogen and oxygen atoms in total. The van der Waals surface area contributed by atoms with Crippen molar-refractivity contribution >= 4 is 5.69 Å². The van der Waals surface area contributed by atoms with Gasteiger partial charge in [0.15, 0.2) is 0 Å². The van der Waals surface area contributed by atoms with Crippen molar-refractivity contribution in [3.05, 3.63) is 59.4 Å². The monoisotopic (exact) mass is 226 g/mol. The first kappa shape index (κ1) is 10.3. The minimum absolute atomic E-state index is 0.00533. The minimum Gasteiger partial charge on any atom is -0.390 e. The number of fused-ring (bicyclic) bond motifs is 1. The summed E-state index contributed by atoms with van der Waals surface area (Å²) in [6.45, 7) is 1.87. The molecular formula is C14H14N2O. The van der Waals surface area contributed by atoms with Crippen molar-refractivity contribution < 1.29 is 5.11 Å². The zero-order valence-electron chi connectivity index (χ0n) is 9.50. The van der Waals surface area contributed by atoms with Gasteiger partial charge < -0.3 is 10.0 Å².